The van der Waals surface area contributed by atoms with Crippen molar-refractivity contribution in [3.05, 3.63) is 29.6 Å². The topological polar surface area (TPSA) is 67.9 Å². The van der Waals surface area contributed by atoms with Crippen molar-refractivity contribution in [2.24, 2.45) is 11.8 Å². The molecule has 2 heterocycles. The highest BCUT2D eigenvalue weighted by Gasteiger charge is 2.53. The number of rotatable bonds is 4. The molecule has 0 radical (unpaired) electrons. The van der Waals surface area contributed by atoms with E-state index in [0.717, 1.165) is 18.4 Å². The van der Waals surface area contributed by atoms with E-state index >= 15 is 0 Å². The number of halogens is 1. The Bertz CT molecular complexity index is 739. The Morgan fingerprint density at radius 3 is 2.74 bits per heavy atom. The van der Waals surface area contributed by atoms with E-state index in [2.05, 4.69) is 5.32 Å². The van der Waals surface area contributed by atoms with Crippen LogP contribution in [0, 0.1) is 24.6 Å². The van der Waals surface area contributed by atoms with E-state index in [9.17, 15) is 14.0 Å². The van der Waals surface area contributed by atoms with Gasteiger partial charge in [-0.2, -0.15) is 0 Å². The number of benzene rings is 1. The number of carbonyl (C=O) groups is 2. The van der Waals surface area contributed by atoms with E-state index in [1.807, 2.05) is 17.9 Å². The maximum atomic E-state index is 13.8. The Morgan fingerprint density at radius 2 is 2.11 bits per heavy atom. The summed E-state index contributed by atoms with van der Waals surface area (Å²) >= 11 is 0. The number of nitrogens with zero attached hydrogens (tertiary/aromatic N) is 1. The van der Waals surface area contributed by atoms with Gasteiger partial charge in [0.1, 0.15) is 6.61 Å². The highest BCUT2D eigenvalue weighted by atomic mass is 19.1. The summed E-state index contributed by atoms with van der Waals surface area (Å²) in [6.07, 6.45) is 2.65. The number of aryl methyl sites for hydroxylation is 1. The van der Waals surface area contributed by atoms with Crippen molar-refractivity contribution in [2.75, 3.05) is 26.3 Å². The molecule has 2 aliphatic heterocycles. The highest BCUT2D eigenvalue weighted by Crippen LogP contribution is 2.41. The Labute approximate surface area is 158 Å². The molecule has 3 aliphatic rings. The van der Waals surface area contributed by atoms with Gasteiger partial charge in [-0.1, -0.05) is 6.07 Å². The molecule has 2 saturated heterocycles. The summed E-state index contributed by atoms with van der Waals surface area (Å²) in [4.78, 5) is 25.8. The van der Waals surface area contributed by atoms with Crippen LogP contribution in [0.25, 0.3) is 0 Å². The lowest BCUT2D eigenvalue weighted by Gasteiger charge is -2.44. The van der Waals surface area contributed by atoms with Gasteiger partial charge in [-0.3, -0.25) is 4.79 Å². The van der Waals surface area contributed by atoms with Gasteiger partial charge in [-0.15, -0.1) is 0 Å². The number of ether oxygens (including phenoxy) is 2. The van der Waals surface area contributed by atoms with Gasteiger partial charge in [0, 0.05) is 19.0 Å². The van der Waals surface area contributed by atoms with E-state index < -0.39 is 0 Å². The van der Waals surface area contributed by atoms with Crippen LogP contribution in [0.2, 0.25) is 0 Å². The minimum atomic E-state index is -0.383. The van der Waals surface area contributed by atoms with E-state index in [1.165, 1.54) is 6.07 Å². The van der Waals surface area contributed by atoms with Crippen molar-refractivity contribution in [1.29, 1.82) is 0 Å². The summed E-state index contributed by atoms with van der Waals surface area (Å²) in [5.41, 5.74) is 0.551. The third-order valence-corrected chi connectivity index (χ3v) is 5.96. The van der Waals surface area contributed by atoms with Gasteiger partial charge in [-0.25, -0.2) is 9.18 Å². The molecule has 1 aromatic rings. The fraction of sp³-hybridized carbons (Fsp3) is 0.600. The molecule has 4 rings (SSSR count). The predicted octanol–water partition coefficient (Wildman–Crippen LogP) is 2.64. The molecule has 6 nitrogen and oxygen atoms in total. The van der Waals surface area contributed by atoms with Crippen molar-refractivity contribution in [1.82, 2.24) is 10.2 Å². The summed E-state index contributed by atoms with van der Waals surface area (Å²) in [6.45, 7) is 4.09. The molecule has 2 amide bonds. The van der Waals surface area contributed by atoms with E-state index in [4.69, 9.17) is 9.47 Å². The lowest BCUT2D eigenvalue weighted by Crippen LogP contribution is -2.58. The van der Waals surface area contributed by atoms with Crippen LogP contribution in [-0.2, 0) is 9.53 Å². The number of hydrogen-bond acceptors (Lipinski definition) is 4. The van der Waals surface area contributed by atoms with Gasteiger partial charge >= 0.3 is 6.09 Å². The SMILES string of the molecule is Cc1ccc(OCC2CCN(C(=O)C3CC4(COC(=O)N4)C3)CC2)c(F)c1. The van der Waals surface area contributed by atoms with Crippen LogP contribution in [0.15, 0.2) is 18.2 Å². The van der Waals surface area contributed by atoms with Crippen LogP contribution in [0.1, 0.15) is 31.2 Å². The van der Waals surface area contributed by atoms with E-state index in [0.29, 0.717) is 50.8 Å². The molecule has 7 heteroatoms. The van der Waals surface area contributed by atoms with E-state index in [1.54, 1.807) is 6.07 Å². The van der Waals surface area contributed by atoms with E-state index in [-0.39, 0.29) is 29.3 Å². The lowest BCUT2D eigenvalue weighted by atomic mass is 9.68. The molecule has 1 spiro atoms. The minimum Gasteiger partial charge on any atom is -0.490 e. The standard InChI is InChI=1S/C20H25FN2O4/c1-13-2-3-17(16(21)8-13)26-11-14-4-6-23(7-5-14)18(24)15-9-20(10-15)12-27-19(25)22-20/h2-3,8,14-15H,4-7,9-12H2,1H3,(H,22,25). The Balaban J connectivity index is 1.21. The summed E-state index contributed by atoms with van der Waals surface area (Å²) in [6, 6.07) is 4.98. The quantitative estimate of drug-likeness (QED) is 0.877. The molecule has 1 N–H and O–H groups in total. The van der Waals surface area contributed by atoms with Gasteiger partial charge in [0.15, 0.2) is 11.6 Å². The van der Waals surface area contributed by atoms with Crippen LogP contribution >= 0.6 is 0 Å². The van der Waals surface area contributed by atoms with Gasteiger partial charge in [0.05, 0.1) is 12.1 Å². The zero-order valence-electron chi connectivity index (χ0n) is 15.5. The van der Waals surface area contributed by atoms with Gasteiger partial charge in [-0.05, 0) is 56.2 Å². The smallest absolute Gasteiger partial charge is 0.407 e. The second kappa shape index (κ2) is 7.02. The molecular formula is C20H25FN2O4. The molecule has 3 fully saturated rings. The zero-order chi connectivity index (χ0) is 19.0. The fourth-order valence-electron chi connectivity index (χ4n) is 4.28. The molecular weight excluding hydrogens is 351 g/mol. The summed E-state index contributed by atoms with van der Waals surface area (Å²) in [5.74, 6) is 0.432. The molecule has 1 aliphatic carbocycles. The lowest BCUT2D eigenvalue weighted by molar-refractivity contribution is -0.142. The first-order valence-corrected chi connectivity index (χ1v) is 9.57. The number of carbonyl (C=O) groups excluding carboxylic acids is 2. The maximum Gasteiger partial charge on any atom is 0.407 e. The molecule has 1 aromatic carbocycles. The van der Waals surface area contributed by atoms with Crippen LogP contribution in [0.3, 0.4) is 0 Å². The number of hydrogen-bond donors (Lipinski definition) is 1. The largest absolute Gasteiger partial charge is 0.490 e. The number of alkyl carbamates (subject to hydrolysis) is 1. The minimum absolute atomic E-state index is 0.0264. The average molecular weight is 376 g/mol. The van der Waals surface area contributed by atoms with Crippen LogP contribution in [0.5, 0.6) is 5.75 Å². The molecule has 0 unspecified atom stereocenters. The van der Waals surface area contributed by atoms with Crippen LogP contribution < -0.4 is 10.1 Å². The van der Waals surface area contributed by atoms with Crippen molar-refractivity contribution in [3.8, 4) is 5.75 Å². The number of piperidine rings is 1. The third-order valence-electron chi connectivity index (χ3n) is 5.96. The predicted molar refractivity (Wildman–Crippen MR) is 95.9 cm³/mol. The molecule has 0 atom stereocenters. The number of nitrogens with one attached hydrogen (secondary N) is 1. The Hall–Kier alpha value is -2.31. The molecule has 1 saturated carbocycles. The second-order valence-corrected chi connectivity index (χ2v) is 8.10. The van der Waals surface area contributed by atoms with Gasteiger partial charge < -0.3 is 19.7 Å². The monoisotopic (exact) mass is 376 g/mol. The molecule has 0 bridgehead atoms. The van der Waals surface area contributed by atoms with Crippen molar-refractivity contribution < 1.29 is 23.5 Å². The van der Waals surface area contributed by atoms with Gasteiger partial charge in [0.25, 0.3) is 0 Å². The Morgan fingerprint density at radius 1 is 1.37 bits per heavy atom. The summed E-state index contributed by atoms with van der Waals surface area (Å²) in [7, 11) is 0. The summed E-state index contributed by atoms with van der Waals surface area (Å²) in [5, 5.41) is 2.82. The van der Waals surface area contributed by atoms with Gasteiger partial charge in [0.2, 0.25) is 5.91 Å². The van der Waals surface area contributed by atoms with Crippen LogP contribution in [-0.4, -0.2) is 48.7 Å². The fourth-order valence-corrected chi connectivity index (χ4v) is 4.28. The number of likely N-dealkylation sites (tertiary alicyclic amines) is 1. The average Bonchev–Trinajstić information content (AvgIpc) is 3.02. The molecule has 146 valence electrons. The normalized spacial score (nSPS) is 27.9. The number of amides is 2. The third kappa shape index (κ3) is 3.73. The van der Waals surface area contributed by atoms with Crippen LogP contribution in [0.4, 0.5) is 9.18 Å². The number of cyclic esters (lactones) is 1. The first kappa shape index (κ1) is 18.1. The first-order valence-electron chi connectivity index (χ1n) is 9.57. The van der Waals surface area contributed by atoms with Crippen molar-refractivity contribution in [3.63, 3.8) is 0 Å². The highest BCUT2D eigenvalue weighted by molar-refractivity contribution is 5.81. The first-order chi connectivity index (χ1) is 12.9. The molecule has 27 heavy (non-hydrogen) atoms. The summed E-state index contributed by atoms with van der Waals surface area (Å²) < 4.78 is 24.5. The molecule has 0 aromatic heterocycles. The van der Waals surface area contributed by atoms with Crippen molar-refractivity contribution >= 4 is 12.0 Å². The Kier molecular flexibility index (Phi) is 4.70. The second-order valence-electron chi connectivity index (χ2n) is 8.10. The zero-order valence-corrected chi connectivity index (χ0v) is 15.5. The van der Waals surface area contributed by atoms with Crippen molar-refractivity contribution in [2.45, 2.75) is 38.1 Å². The maximum absolute atomic E-state index is 13.8.